The summed E-state index contributed by atoms with van der Waals surface area (Å²) in [7, 11) is 0. The molecule has 0 saturated carbocycles. The van der Waals surface area contributed by atoms with Gasteiger partial charge >= 0.3 is 0 Å². The fourth-order valence-corrected chi connectivity index (χ4v) is 3.46. The van der Waals surface area contributed by atoms with E-state index in [4.69, 9.17) is 0 Å². The summed E-state index contributed by atoms with van der Waals surface area (Å²) < 4.78 is 0. The van der Waals surface area contributed by atoms with E-state index in [9.17, 15) is 5.11 Å². The van der Waals surface area contributed by atoms with Gasteiger partial charge in [-0.2, -0.15) is 0 Å². The van der Waals surface area contributed by atoms with Gasteiger partial charge in [-0.1, -0.05) is 84.9 Å². The molecule has 1 nitrogen and oxygen atoms in total. The molecule has 0 saturated heterocycles. The third kappa shape index (κ3) is 3.60. The quantitative estimate of drug-likeness (QED) is 0.706. The first-order valence-electron chi connectivity index (χ1n) is 8.45. The first kappa shape index (κ1) is 17.6. The van der Waals surface area contributed by atoms with Gasteiger partial charge in [-0.15, -0.1) is 0 Å². The van der Waals surface area contributed by atoms with Crippen molar-refractivity contribution >= 4 is 0 Å². The molecule has 0 aliphatic heterocycles. The second-order valence-corrected chi connectivity index (χ2v) is 8.56. The molecule has 0 aliphatic carbocycles. The Balaban J connectivity index is 2.75. The SMILES string of the molecule is CC(c1ccccc1)c1ccc(O)c(C(C)(C)C)c1C(C)(C)C. The van der Waals surface area contributed by atoms with Crippen LogP contribution < -0.4 is 0 Å². The smallest absolute Gasteiger partial charge is 0.119 e. The Morgan fingerprint density at radius 1 is 0.739 bits per heavy atom. The van der Waals surface area contributed by atoms with Crippen LogP contribution in [-0.2, 0) is 10.8 Å². The first-order chi connectivity index (χ1) is 10.5. The minimum Gasteiger partial charge on any atom is -0.508 e. The Hall–Kier alpha value is -1.76. The summed E-state index contributed by atoms with van der Waals surface area (Å²) in [5.74, 6) is 0.707. The van der Waals surface area contributed by atoms with Crippen LogP contribution in [-0.4, -0.2) is 5.11 Å². The molecule has 2 aromatic rings. The molecule has 1 unspecified atom stereocenters. The lowest BCUT2D eigenvalue weighted by molar-refractivity contribution is 0.433. The molecule has 124 valence electrons. The maximum absolute atomic E-state index is 10.6. The largest absolute Gasteiger partial charge is 0.508 e. The van der Waals surface area contributed by atoms with Crippen LogP contribution in [0.2, 0.25) is 0 Å². The third-order valence-corrected chi connectivity index (χ3v) is 4.48. The van der Waals surface area contributed by atoms with Crippen molar-refractivity contribution in [3.05, 3.63) is 64.7 Å². The van der Waals surface area contributed by atoms with Crippen LogP contribution in [0.3, 0.4) is 0 Å². The Kier molecular flexibility index (Phi) is 4.61. The maximum atomic E-state index is 10.6. The molecule has 0 amide bonds. The summed E-state index contributed by atoms with van der Waals surface area (Å²) in [6.07, 6.45) is 0. The number of hydrogen-bond donors (Lipinski definition) is 1. The van der Waals surface area contributed by atoms with Gasteiger partial charge in [0.25, 0.3) is 0 Å². The van der Waals surface area contributed by atoms with Gasteiger partial charge in [0.05, 0.1) is 0 Å². The van der Waals surface area contributed by atoms with Crippen molar-refractivity contribution in [2.75, 3.05) is 0 Å². The van der Waals surface area contributed by atoms with Gasteiger partial charge < -0.3 is 5.11 Å². The summed E-state index contributed by atoms with van der Waals surface area (Å²) in [4.78, 5) is 0. The molecule has 1 atom stereocenters. The molecule has 1 heteroatoms. The number of aromatic hydroxyl groups is 1. The van der Waals surface area contributed by atoms with E-state index >= 15 is 0 Å². The predicted octanol–water partition coefficient (Wildman–Crippen LogP) is 6.14. The summed E-state index contributed by atoms with van der Waals surface area (Å²) in [6, 6.07) is 14.6. The second-order valence-electron chi connectivity index (χ2n) is 8.56. The Morgan fingerprint density at radius 3 is 1.74 bits per heavy atom. The second kappa shape index (κ2) is 6.03. The van der Waals surface area contributed by atoms with Crippen LogP contribution >= 0.6 is 0 Å². The number of rotatable bonds is 2. The van der Waals surface area contributed by atoms with Crippen molar-refractivity contribution in [1.29, 1.82) is 0 Å². The average Bonchev–Trinajstić information content (AvgIpc) is 2.45. The number of phenolic OH excluding ortho intramolecular Hbond substituents is 1. The van der Waals surface area contributed by atoms with Gasteiger partial charge in [-0.3, -0.25) is 0 Å². The van der Waals surface area contributed by atoms with Crippen LogP contribution in [0, 0.1) is 0 Å². The summed E-state index contributed by atoms with van der Waals surface area (Å²) in [6.45, 7) is 15.5. The zero-order chi connectivity index (χ0) is 17.4. The summed E-state index contributed by atoms with van der Waals surface area (Å²) >= 11 is 0. The highest BCUT2D eigenvalue weighted by molar-refractivity contribution is 5.54. The molecule has 23 heavy (non-hydrogen) atoms. The summed E-state index contributed by atoms with van der Waals surface area (Å²) in [5, 5.41) is 10.6. The molecule has 0 bridgehead atoms. The lowest BCUT2D eigenvalue weighted by Crippen LogP contribution is -2.25. The van der Waals surface area contributed by atoms with Crippen molar-refractivity contribution in [3.8, 4) is 5.75 Å². The molecule has 2 rings (SSSR count). The Labute approximate surface area is 141 Å². The first-order valence-corrected chi connectivity index (χ1v) is 8.45. The van der Waals surface area contributed by atoms with Crippen molar-refractivity contribution in [1.82, 2.24) is 0 Å². The molecule has 0 aromatic heterocycles. The van der Waals surface area contributed by atoms with E-state index in [-0.39, 0.29) is 10.8 Å². The number of hydrogen-bond acceptors (Lipinski definition) is 1. The molecule has 2 aromatic carbocycles. The fourth-order valence-electron chi connectivity index (χ4n) is 3.46. The average molecular weight is 310 g/mol. The third-order valence-electron chi connectivity index (χ3n) is 4.48. The van der Waals surface area contributed by atoms with E-state index in [1.807, 2.05) is 6.07 Å². The van der Waals surface area contributed by atoms with Crippen molar-refractivity contribution in [2.45, 2.75) is 65.2 Å². The minimum atomic E-state index is -0.0981. The lowest BCUT2D eigenvalue weighted by atomic mass is 9.70. The van der Waals surface area contributed by atoms with Gasteiger partial charge in [-0.05, 0) is 33.6 Å². The molecule has 0 spiro atoms. The minimum absolute atomic E-state index is 0.0280. The number of phenols is 1. The molecule has 1 N–H and O–H groups in total. The Bertz CT molecular complexity index is 670. The van der Waals surface area contributed by atoms with E-state index in [1.54, 1.807) is 0 Å². The van der Waals surface area contributed by atoms with Crippen molar-refractivity contribution < 1.29 is 5.11 Å². The van der Waals surface area contributed by atoms with E-state index < -0.39 is 0 Å². The van der Waals surface area contributed by atoms with Crippen molar-refractivity contribution in [3.63, 3.8) is 0 Å². The van der Waals surface area contributed by atoms with Crippen LogP contribution in [0.15, 0.2) is 42.5 Å². The van der Waals surface area contributed by atoms with E-state index in [2.05, 4.69) is 84.9 Å². The fraction of sp³-hybridized carbons (Fsp3) is 0.455. The van der Waals surface area contributed by atoms with Gasteiger partial charge in [0.2, 0.25) is 0 Å². The van der Waals surface area contributed by atoms with E-state index in [0.29, 0.717) is 11.7 Å². The van der Waals surface area contributed by atoms with E-state index in [0.717, 1.165) is 5.56 Å². The molecule has 0 aliphatic rings. The van der Waals surface area contributed by atoms with Gasteiger partial charge in [0.1, 0.15) is 5.75 Å². The molecule has 0 heterocycles. The van der Waals surface area contributed by atoms with Crippen LogP contribution in [0.25, 0.3) is 0 Å². The predicted molar refractivity (Wildman–Crippen MR) is 99.5 cm³/mol. The van der Waals surface area contributed by atoms with Crippen LogP contribution in [0.1, 0.15) is 76.6 Å². The standard InChI is InChI=1S/C22H30O/c1-15(16-11-9-8-10-12-16)17-13-14-18(23)20(22(5,6)7)19(17)21(2,3)4/h8-15,23H,1-7H3. The normalized spacial score (nSPS) is 13.9. The van der Waals surface area contributed by atoms with Gasteiger partial charge in [0.15, 0.2) is 0 Å². The maximum Gasteiger partial charge on any atom is 0.119 e. The monoisotopic (exact) mass is 310 g/mol. The van der Waals surface area contributed by atoms with Crippen LogP contribution in [0.4, 0.5) is 0 Å². The summed E-state index contributed by atoms with van der Waals surface area (Å²) in [5.41, 5.74) is 4.85. The highest BCUT2D eigenvalue weighted by atomic mass is 16.3. The number of benzene rings is 2. The topological polar surface area (TPSA) is 20.2 Å². The van der Waals surface area contributed by atoms with Crippen molar-refractivity contribution in [2.24, 2.45) is 0 Å². The highest BCUT2D eigenvalue weighted by Gasteiger charge is 2.31. The molecule has 0 fully saturated rings. The molecular formula is C22H30O. The zero-order valence-electron chi connectivity index (χ0n) is 15.6. The lowest BCUT2D eigenvalue weighted by Gasteiger charge is -2.34. The Morgan fingerprint density at radius 2 is 1.26 bits per heavy atom. The van der Waals surface area contributed by atoms with E-state index in [1.165, 1.54) is 16.7 Å². The highest BCUT2D eigenvalue weighted by Crippen LogP contribution is 2.44. The zero-order valence-corrected chi connectivity index (χ0v) is 15.6. The molecular weight excluding hydrogens is 280 g/mol. The molecule has 0 radical (unpaired) electrons. The van der Waals surface area contributed by atoms with Crippen LogP contribution in [0.5, 0.6) is 5.75 Å². The van der Waals surface area contributed by atoms with Gasteiger partial charge in [-0.25, -0.2) is 0 Å². The van der Waals surface area contributed by atoms with Gasteiger partial charge in [0, 0.05) is 11.5 Å².